The number of nitriles is 1. The third kappa shape index (κ3) is 5.89. The molecule has 1 fully saturated rings. The lowest BCUT2D eigenvalue weighted by Gasteiger charge is -2.13. The maximum absolute atomic E-state index is 12.7. The normalized spacial score (nSPS) is 13.6. The fourth-order valence-corrected chi connectivity index (χ4v) is 5.55. The van der Waals surface area contributed by atoms with Crippen LogP contribution in [0, 0.1) is 18.3 Å². The fourth-order valence-electron chi connectivity index (χ4n) is 4.88. The molecule has 218 valence electrons. The van der Waals surface area contributed by atoms with Crippen LogP contribution in [0.15, 0.2) is 82.2 Å². The number of sulfone groups is 1. The summed E-state index contributed by atoms with van der Waals surface area (Å²) in [4.78, 5) is 4.69. The van der Waals surface area contributed by atoms with Crippen LogP contribution in [0.3, 0.4) is 0 Å². The predicted molar refractivity (Wildman–Crippen MR) is 151 cm³/mol. The second-order valence-corrected chi connectivity index (χ2v) is 12.3. The van der Waals surface area contributed by atoms with Crippen LogP contribution in [-0.4, -0.2) is 35.8 Å². The Kier molecular flexibility index (Phi) is 6.85. The molecule has 2 aromatic heterocycles. The number of oxazole rings is 1. The maximum Gasteiger partial charge on any atom is 0.573 e. The van der Waals surface area contributed by atoms with E-state index in [4.69, 9.17) is 9.52 Å². The third-order valence-corrected chi connectivity index (χ3v) is 8.12. The molecule has 5 aromatic rings. The van der Waals surface area contributed by atoms with Gasteiger partial charge in [-0.25, -0.2) is 18.1 Å². The van der Waals surface area contributed by atoms with Gasteiger partial charge in [0.15, 0.2) is 21.5 Å². The molecule has 2 heterocycles. The largest absolute Gasteiger partial charge is 0.573 e. The highest BCUT2D eigenvalue weighted by Crippen LogP contribution is 2.43. The van der Waals surface area contributed by atoms with Gasteiger partial charge >= 0.3 is 6.36 Å². The summed E-state index contributed by atoms with van der Waals surface area (Å²) in [7, 11) is -3.46. The third-order valence-electron chi connectivity index (χ3n) is 7.01. The first kappa shape index (κ1) is 28.2. The molecule has 12 heteroatoms. The minimum atomic E-state index is -4.83. The molecular formula is C31H23F3N4O4S. The van der Waals surface area contributed by atoms with Crippen LogP contribution in [0.2, 0.25) is 0 Å². The van der Waals surface area contributed by atoms with Gasteiger partial charge in [-0.15, -0.1) is 13.2 Å². The molecule has 1 saturated carbocycles. The van der Waals surface area contributed by atoms with Crippen molar-refractivity contribution in [3.05, 3.63) is 90.1 Å². The van der Waals surface area contributed by atoms with Crippen LogP contribution in [0.5, 0.6) is 5.75 Å². The molecule has 0 radical (unpaired) electrons. The lowest BCUT2D eigenvalue weighted by atomic mass is 9.98. The molecule has 0 aliphatic heterocycles. The standard InChI is InChI=1S/C31H23F3N4O4S/c1-18-36-29(20-8-11-24(12-9-20)42-31(32,33)34)30(41-18)26-15-22(21-4-3-5-25(14-21)43(2,39)40)10-13-27(26)38-17-23(16-35)28(37-38)19-6-7-19/h3-5,8-15,17,19H,6-7H2,1-2H3. The first-order valence-corrected chi connectivity index (χ1v) is 15.1. The van der Waals surface area contributed by atoms with Crippen LogP contribution in [0.25, 0.3) is 39.4 Å². The van der Waals surface area contributed by atoms with E-state index in [2.05, 4.69) is 15.8 Å². The highest BCUT2D eigenvalue weighted by molar-refractivity contribution is 7.90. The molecule has 0 amide bonds. The van der Waals surface area contributed by atoms with Crippen molar-refractivity contribution in [2.45, 2.75) is 36.9 Å². The zero-order valence-electron chi connectivity index (χ0n) is 22.9. The molecule has 0 atom stereocenters. The number of hydrogen-bond donors (Lipinski definition) is 0. The van der Waals surface area contributed by atoms with Gasteiger partial charge in [0.2, 0.25) is 0 Å². The summed E-state index contributed by atoms with van der Waals surface area (Å²) in [6, 6.07) is 19.5. The van der Waals surface area contributed by atoms with Gasteiger partial charge in [0, 0.05) is 36.4 Å². The Morgan fingerprint density at radius 2 is 1.72 bits per heavy atom. The molecule has 6 rings (SSSR count). The maximum atomic E-state index is 12.7. The summed E-state index contributed by atoms with van der Waals surface area (Å²) in [5.74, 6) is 0.477. The van der Waals surface area contributed by atoms with E-state index in [0.717, 1.165) is 19.1 Å². The van der Waals surface area contributed by atoms with Gasteiger partial charge in [0.25, 0.3) is 0 Å². The van der Waals surface area contributed by atoms with E-state index in [0.29, 0.717) is 56.5 Å². The van der Waals surface area contributed by atoms with Crippen molar-refractivity contribution in [3.8, 4) is 51.2 Å². The number of rotatable bonds is 7. The van der Waals surface area contributed by atoms with Gasteiger partial charge in [-0.1, -0.05) is 18.2 Å². The van der Waals surface area contributed by atoms with Crippen LogP contribution < -0.4 is 4.74 Å². The fraction of sp³-hybridized carbons (Fsp3) is 0.194. The quantitative estimate of drug-likeness (QED) is 0.193. The summed E-state index contributed by atoms with van der Waals surface area (Å²) in [6.45, 7) is 1.65. The number of aryl methyl sites for hydroxylation is 1. The smallest absolute Gasteiger partial charge is 0.440 e. The van der Waals surface area contributed by atoms with Crippen molar-refractivity contribution in [1.82, 2.24) is 14.8 Å². The van der Waals surface area contributed by atoms with Gasteiger partial charge in [0.1, 0.15) is 17.5 Å². The van der Waals surface area contributed by atoms with Crippen molar-refractivity contribution >= 4 is 9.84 Å². The van der Waals surface area contributed by atoms with Crippen LogP contribution in [0.4, 0.5) is 13.2 Å². The SMILES string of the molecule is Cc1nc(-c2ccc(OC(F)(F)F)cc2)c(-c2cc(-c3cccc(S(C)(=O)=O)c3)ccc2-n2cc(C#N)c(C3CC3)n2)o1. The van der Waals surface area contributed by atoms with Crippen molar-refractivity contribution in [2.75, 3.05) is 6.26 Å². The Morgan fingerprint density at radius 1 is 1.02 bits per heavy atom. The monoisotopic (exact) mass is 604 g/mol. The number of halogens is 3. The lowest BCUT2D eigenvalue weighted by molar-refractivity contribution is -0.274. The number of aromatic nitrogens is 3. The number of benzene rings is 3. The highest BCUT2D eigenvalue weighted by Gasteiger charge is 2.32. The summed E-state index contributed by atoms with van der Waals surface area (Å²) in [5.41, 5.74) is 4.44. The summed E-state index contributed by atoms with van der Waals surface area (Å²) >= 11 is 0. The number of ether oxygens (including phenoxy) is 1. The average Bonchev–Trinajstić information content (AvgIpc) is 3.60. The minimum absolute atomic E-state index is 0.160. The molecule has 43 heavy (non-hydrogen) atoms. The number of hydrogen-bond acceptors (Lipinski definition) is 7. The van der Waals surface area contributed by atoms with Crippen LogP contribution in [-0.2, 0) is 9.84 Å². The lowest BCUT2D eigenvalue weighted by Crippen LogP contribution is -2.16. The van der Waals surface area contributed by atoms with Gasteiger partial charge in [0.05, 0.1) is 21.8 Å². The van der Waals surface area contributed by atoms with Crippen molar-refractivity contribution < 1.29 is 30.7 Å². The Morgan fingerprint density at radius 3 is 2.37 bits per heavy atom. The molecule has 1 aliphatic carbocycles. The van der Waals surface area contributed by atoms with E-state index in [-0.39, 0.29) is 16.6 Å². The first-order chi connectivity index (χ1) is 20.4. The van der Waals surface area contributed by atoms with E-state index in [1.807, 2.05) is 12.1 Å². The Balaban J connectivity index is 1.53. The molecule has 0 N–H and O–H groups in total. The topological polar surface area (TPSA) is 111 Å². The molecule has 0 saturated heterocycles. The van der Waals surface area contributed by atoms with Gasteiger partial charge in [-0.2, -0.15) is 10.4 Å². The Hall–Kier alpha value is -4.89. The van der Waals surface area contributed by atoms with E-state index in [1.165, 1.54) is 30.3 Å². The van der Waals surface area contributed by atoms with E-state index < -0.39 is 16.2 Å². The summed E-state index contributed by atoms with van der Waals surface area (Å²) < 4.78 is 74.4. The minimum Gasteiger partial charge on any atom is -0.440 e. The highest BCUT2D eigenvalue weighted by atomic mass is 32.2. The molecular weight excluding hydrogens is 581 g/mol. The van der Waals surface area contributed by atoms with Crippen LogP contribution in [0.1, 0.15) is 35.9 Å². The first-order valence-electron chi connectivity index (χ1n) is 13.2. The average molecular weight is 605 g/mol. The van der Waals surface area contributed by atoms with Crippen molar-refractivity contribution in [1.29, 1.82) is 5.26 Å². The molecule has 1 aliphatic rings. The van der Waals surface area contributed by atoms with Gasteiger partial charge < -0.3 is 9.15 Å². The van der Waals surface area contributed by atoms with Crippen molar-refractivity contribution in [3.63, 3.8) is 0 Å². The van der Waals surface area contributed by atoms with E-state index in [1.54, 1.807) is 42.1 Å². The van der Waals surface area contributed by atoms with Gasteiger partial charge in [-0.05, 0) is 72.5 Å². The summed E-state index contributed by atoms with van der Waals surface area (Å²) in [5, 5.41) is 14.5. The van der Waals surface area contributed by atoms with Crippen molar-refractivity contribution in [2.24, 2.45) is 0 Å². The predicted octanol–water partition coefficient (Wildman–Crippen LogP) is 7.22. The molecule has 0 spiro atoms. The Labute approximate surface area is 244 Å². The molecule has 0 bridgehead atoms. The Bertz CT molecular complexity index is 2000. The molecule has 8 nitrogen and oxygen atoms in total. The van der Waals surface area contributed by atoms with E-state index >= 15 is 0 Å². The second kappa shape index (κ2) is 10.4. The number of alkyl halides is 3. The molecule has 0 unspecified atom stereocenters. The summed E-state index contributed by atoms with van der Waals surface area (Å²) in [6.07, 6.45) is -0.132. The van der Waals surface area contributed by atoms with Crippen LogP contribution >= 0.6 is 0 Å². The molecule has 3 aromatic carbocycles. The van der Waals surface area contributed by atoms with E-state index in [9.17, 15) is 26.9 Å². The number of nitrogens with zero attached hydrogens (tertiary/aromatic N) is 4. The van der Waals surface area contributed by atoms with Gasteiger partial charge in [-0.3, -0.25) is 0 Å². The second-order valence-electron chi connectivity index (χ2n) is 10.3. The zero-order valence-corrected chi connectivity index (χ0v) is 23.7. The zero-order chi connectivity index (χ0) is 30.5.